The first-order valence-electron chi connectivity index (χ1n) is 13.1. The van der Waals surface area contributed by atoms with E-state index in [1.54, 1.807) is 48.5 Å². The molecule has 42 heavy (non-hydrogen) atoms. The maximum atomic E-state index is 12.8. The van der Waals surface area contributed by atoms with Crippen LogP contribution in [0.3, 0.4) is 0 Å². The van der Waals surface area contributed by atoms with Crippen LogP contribution < -0.4 is 25.0 Å². The maximum absolute atomic E-state index is 12.8. The van der Waals surface area contributed by atoms with Crippen molar-refractivity contribution in [3.05, 3.63) is 117 Å². The second-order valence-corrected chi connectivity index (χ2v) is 10.4. The number of hydrazone groups is 1. The fourth-order valence-electron chi connectivity index (χ4n) is 3.76. The summed E-state index contributed by atoms with van der Waals surface area (Å²) in [6.45, 7) is 4.28. The average Bonchev–Trinajstić information content (AvgIpc) is 2.98. The zero-order valence-corrected chi connectivity index (χ0v) is 25.4. The molecule has 0 fully saturated rings. The van der Waals surface area contributed by atoms with Gasteiger partial charge in [0.25, 0.3) is 11.8 Å². The summed E-state index contributed by atoms with van der Waals surface area (Å²) in [6.07, 6.45) is 1.44. The Morgan fingerprint density at radius 3 is 2.45 bits per heavy atom. The van der Waals surface area contributed by atoms with Crippen molar-refractivity contribution in [2.75, 3.05) is 18.5 Å². The Kier molecular flexibility index (Phi) is 11.0. The van der Waals surface area contributed by atoms with E-state index in [-0.39, 0.29) is 12.5 Å². The molecule has 4 aromatic carbocycles. The quantitative estimate of drug-likeness (QED) is 0.125. The van der Waals surface area contributed by atoms with Crippen LogP contribution in [0.2, 0.25) is 5.02 Å². The number of carbonyl (C=O) groups excluding carboxylic acids is 2. The van der Waals surface area contributed by atoms with Crippen LogP contribution in [0.4, 0.5) is 5.69 Å². The molecule has 0 aromatic heterocycles. The van der Waals surface area contributed by atoms with Crippen LogP contribution in [-0.2, 0) is 11.4 Å². The van der Waals surface area contributed by atoms with Gasteiger partial charge in [-0.15, -0.1) is 0 Å². The molecule has 0 saturated carbocycles. The van der Waals surface area contributed by atoms with Crippen LogP contribution in [0.15, 0.2) is 94.5 Å². The molecule has 10 heteroatoms. The highest BCUT2D eigenvalue weighted by atomic mass is 79.9. The van der Waals surface area contributed by atoms with E-state index in [1.807, 2.05) is 50.2 Å². The number of aryl methyl sites for hydroxylation is 1. The highest BCUT2D eigenvalue weighted by Gasteiger charge is 2.13. The number of carbonyl (C=O) groups is 2. The molecule has 0 saturated heterocycles. The summed E-state index contributed by atoms with van der Waals surface area (Å²) in [6, 6.07) is 25.2. The lowest BCUT2D eigenvalue weighted by Crippen LogP contribution is -2.20. The SMILES string of the molecule is CCOc1cc(C(=O)N/N=C/c2cc(Br)ccc2OCC(=O)Nc2ccc(C)c(Cl)c2)ccc1OCc1ccccc1. The van der Waals surface area contributed by atoms with Gasteiger partial charge in [-0.25, -0.2) is 5.43 Å². The van der Waals surface area contributed by atoms with Gasteiger partial charge in [-0.2, -0.15) is 5.10 Å². The van der Waals surface area contributed by atoms with Crippen LogP contribution in [0.25, 0.3) is 0 Å². The molecule has 216 valence electrons. The van der Waals surface area contributed by atoms with Crippen LogP contribution in [0.5, 0.6) is 17.2 Å². The van der Waals surface area contributed by atoms with E-state index >= 15 is 0 Å². The van der Waals surface area contributed by atoms with Crippen molar-refractivity contribution in [3.8, 4) is 17.2 Å². The standard InChI is InChI=1S/C32H29BrClN3O5/c1-3-40-30-16-23(10-13-29(30)41-19-22-7-5-4-6-8-22)32(39)37-35-18-24-15-25(33)11-14-28(24)42-20-31(38)36-26-12-9-21(2)27(34)17-26/h4-18H,3,19-20H2,1-2H3,(H,36,38)(H,37,39)/b35-18+. The van der Waals surface area contributed by atoms with Crippen molar-refractivity contribution < 1.29 is 23.8 Å². The predicted molar refractivity (Wildman–Crippen MR) is 168 cm³/mol. The van der Waals surface area contributed by atoms with Crippen LogP contribution in [0.1, 0.15) is 34.0 Å². The van der Waals surface area contributed by atoms with E-state index in [0.29, 0.717) is 52.3 Å². The normalized spacial score (nSPS) is 10.8. The van der Waals surface area contributed by atoms with Gasteiger partial charge in [0.1, 0.15) is 12.4 Å². The van der Waals surface area contributed by atoms with E-state index in [4.69, 9.17) is 25.8 Å². The van der Waals surface area contributed by atoms with Crippen molar-refractivity contribution in [1.82, 2.24) is 5.43 Å². The van der Waals surface area contributed by atoms with Gasteiger partial charge in [0, 0.05) is 26.3 Å². The second kappa shape index (κ2) is 15.0. The maximum Gasteiger partial charge on any atom is 0.271 e. The number of anilines is 1. The zero-order chi connectivity index (χ0) is 29.9. The summed E-state index contributed by atoms with van der Waals surface area (Å²) in [5, 5.41) is 7.41. The Labute approximate surface area is 257 Å². The number of ether oxygens (including phenoxy) is 3. The second-order valence-electron chi connectivity index (χ2n) is 9.05. The Morgan fingerprint density at radius 2 is 1.69 bits per heavy atom. The minimum atomic E-state index is -0.435. The molecule has 4 rings (SSSR count). The number of halogens is 2. The van der Waals surface area contributed by atoms with E-state index in [1.165, 1.54) is 6.21 Å². The predicted octanol–water partition coefficient (Wildman–Crippen LogP) is 7.17. The molecule has 2 amide bonds. The lowest BCUT2D eigenvalue weighted by molar-refractivity contribution is -0.118. The summed E-state index contributed by atoms with van der Waals surface area (Å²) in [5.41, 5.74) is 5.92. The van der Waals surface area contributed by atoms with Crippen molar-refractivity contribution >= 4 is 51.2 Å². The third-order valence-electron chi connectivity index (χ3n) is 5.90. The van der Waals surface area contributed by atoms with Gasteiger partial charge in [0.2, 0.25) is 0 Å². The van der Waals surface area contributed by atoms with Gasteiger partial charge >= 0.3 is 0 Å². The first-order valence-corrected chi connectivity index (χ1v) is 14.2. The highest BCUT2D eigenvalue weighted by Crippen LogP contribution is 2.29. The monoisotopic (exact) mass is 649 g/mol. The molecule has 0 unspecified atom stereocenters. The Bertz CT molecular complexity index is 1580. The third kappa shape index (κ3) is 8.83. The molecule has 0 heterocycles. The van der Waals surface area contributed by atoms with Gasteiger partial charge in [0.05, 0.1) is 12.8 Å². The van der Waals surface area contributed by atoms with Gasteiger partial charge in [0.15, 0.2) is 18.1 Å². The highest BCUT2D eigenvalue weighted by molar-refractivity contribution is 9.10. The lowest BCUT2D eigenvalue weighted by Gasteiger charge is -2.13. The molecule has 0 aliphatic carbocycles. The van der Waals surface area contributed by atoms with Gasteiger partial charge in [-0.3, -0.25) is 9.59 Å². The Morgan fingerprint density at radius 1 is 0.905 bits per heavy atom. The number of nitrogens with zero attached hydrogens (tertiary/aromatic N) is 1. The van der Waals surface area contributed by atoms with E-state index < -0.39 is 5.91 Å². The Balaban J connectivity index is 1.37. The molecule has 4 aromatic rings. The van der Waals surface area contributed by atoms with Gasteiger partial charge < -0.3 is 19.5 Å². The number of amides is 2. The zero-order valence-electron chi connectivity index (χ0n) is 23.0. The largest absolute Gasteiger partial charge is 0.490 e. The molecule has 0 bridgehead atoms. The molecular weight excluding hydrogens is 622 g/mol. The molecule has 0 atom stereocenters. The van der Waals surface area contributed by atoms with Crippen molar-refractivity contribution in [2.45, 2.75) is 20.5 Å². The van der Waals surface area contributed by atoms with E-state index in [9.17, 15) is 9.59 Å². The van der Waals surface area contributed by atoms with Crippen LogP contribution in [-0.4, -0.2) is 31.2 Å². The van der Waals surface area contributed by atoms with Crippen molar-refractivity contribution in [2.24, 2.45) is 5.10 Å². The molecule has 0 spiro atoms. The summed E-state index contributed by atoms with van der Waals surface area (Å²) in [4.78, 5) is 25.3. The van der Waals surface area contributed by atoms with Crippen molar-refractivity contribution in [3.63, 3.8) is 0 Å². The minimum absolute atomic E-state index is 0.237. The molecule has 0 radical (unpaired) electrons. The topological polar surface area (TPSA) is 98.3 Å². The molecule has 0 aliphatic rings. The summed E-state index contributed by atoms with van der Waals surface area (Å²) >= 11 is 9.56. The Hall–Kier alpha value is -4.34. The van der Waals surface area contributed by atoms with E-state index in [0.717, 1.165) is 15.6 Å². The smallest absolute Gasteiger partial charge is 0.271 e. The first-order chi connectivity index (χ1) is 20.3. The summed E-state index contributed by atoms with van der Waals surface area (Å²) < 4.78 is 18.1. The number of nitrogens with one attached hydrogen (secondary N) is 2. The van der Waals surface area contributed by atoms with Gasteiger partial charge in [-0.1, -0.05) is 63.9 Å². The van der Waals surface area contributed by atoms with Crippen LogP contribution in [0, 0.1) is 6.92 Å². The first kappa shape index (κ1) is 30.6. The summed E-state index contributed by atoms with van der Waals surface area (Å²) in [5.74, 6) is 0.614. The molecule has 2 N–H and O–H groups in total. The minimum Gasteiger partial charge on any atom is -0.490 e. The van der Waals surface area contributed by atoms with Crippen molar-refractivity contribution in [1.29, 1.82) is 0 Å². The number of hydrogen-bond donors (Lipinski definition) is 2. The molecule has 8 nitrogen and oxygen atoms in total. The fraction of sp³-hybridized carbons (Fsp3) is 0.156. The molecule has 0 aliphatic heterocycles. The van der Waals surface area contributed by atoms with E-state index in [2.05, 4.69) is 31.8 Å². The number of hydrogen-bond acceptors (Lipinski definition) is 6. The third-order valence-corrected chi connectivity index (χ3v) is 6.80. The van der Waals surface area contributed by atoms with Crippen LogP contribution >= 0.6 is 27.5 Å². The number of benzene rings is 4. The lowest BCUT2D eigenvalue weighted by atomic mass is 10.2. The number of rotatable bonds is 12. The summed E-state index contributed by atoms with van der Waals surface area (Å²) in [7, 11) is 0. The average molecular weight is 651 g/mol. The molecular formula is C32H29BrClN3O5. The fourth-order valence-corrected chi connectivity index (χ4v) is 4.32. The van der Waals surface area contributed by atoms with Gasteiger partial charge in [-0.05, 0) is 73.5 Å².